The second-order valence-corrected chi connectivity index (χ2v) is 12.4. The average Bonchev–Trinajstić information content (AvgIpc) is 3.52. The van der Waals surface area contributed by atoms with Gasteiger partial charge in [0.05, 0.1) is 34.6 Å². The predicted octanol–water partition coefficient (Wildman–Crippen LogP) is 6.99. The fourth-order valence-electron chi connectivity index (χ4n) is 4.41. The van der Waals surface area contributed by atoms with E-state index < -0.39 is 10.3 Å². The fourth-order valence-corrected chi connectivity index (χ4v) is 6.11. The third-order valence-electron chi connectivity index (χ3n) is 6.57. The molecular formula is C32H23BrFN5O4S2. The predicted molar refractivity (Wildman–Crippen MR) is 176 cm³/mol. The van der Waals surface area contributed by atoms with Gasteiger partial charge in [-0.2, -0.15) is 8.42 Å². The van der Waals surface area contributed by atoms with E-state index in [2.05, 4.69) is 36.2 Å². The van der Waals surface area contributed by atoms with Crippen LogP contribution in [0.2, 0.25) is 0 Å². The van der Waals surface area contributed by atoms with Crippen LogP contribution in [-0.2, 0) is 28.2 Å². The Labute approximate surface area is 271 Å². The van der Waals surface area contributed by atoms with Gasteiger partial charge in [0.15, 0.2) is 0 Å². The van der Waals surface area contributed by atoms with E-state index in [1.165, 1.54) is 36.0 Å². The number of fused-ring (bicyclic) bond motifs is 1. The molecule has 3 aromatic carbocycles. The van der Waals surface area contributed by atoms with Crippen LogP contribution in [0.25, 0.3) is 22.2 Å². The highest BCUT2D eigenvalue weighted by Gasteiger charge is 2.12. The quantitative estimate of drug-likeness (QED) is 0.113. The van der Waals surface area contributed by atoms with Crippen LogP contribution in [0.3, 0.4) is 0 Å². The molecule has 0 saturated carbocycles. The molecule has 0 aliphatic carbocycles. The highest BCUT2D eigenvalue weighted by Crippen LogP contribution is 2.33. The molecule has 0 spiro atoms. The van der Waals surface area contributed by atoms with Crippen molar-refractivity contribution in [1.29, 1.82) is 0 Å². The van der Waals surface area contributed by atoms with Crippen molar-refractivity contribution in [3.8, 4) is 17.0 Å². The molecule has 13 heteroatoms. The SMILES string of the molecule is O=S(=O)=C(COCc1nc(-c2ccc3ncnc(Nc4ccc(OCc5cccc(F)c5)c(Br)c4)c3c2)cs1)c1ccccn1. The van der Waals surface area contributed by atoms with Crippen molar-refractivity contribution < 1.29 is 22.3 Å². The van der Waals surface area contributed by atoms with Gasteiger partial charge in [-0.3, -0.25) is 4.98 Å². The number of anilines is 2. The molecule has 0 aliphatic rings. The minimum Gasteiger partial charge on any atom is -0.488 e. The Balaban J connectivity index is 1.14. The molecule has 9 nitrogen and oxygen atoms in total. The molecule has 0 amide bonds. The lowest BCUT2D eigenvalue weighted by Gasteiger charge is -2.12. The van der Waals surface area contributed by atoms with Crippen LogP contribution < -0.4 is 10.1 Å². The standard InChI is InChI=1S/C32H23BrFN5O4S2/c33-25-14-23(8-10-29(25)43-15-20-4-3-5-22(34)12-20)38-32-24-13-21(7-9-26(24)36-19-37-32)28-18-44-31(39-28)17-42-16-30(45(40)41)27-6-1-2-11-35-27/h1-14,18-19H,15-17H2,(H,36,37,38). The number of rotatable bonds is 11. The summed E-state index contributed by atoms with van der Waals surface area (Å²) < 4.78 is 49.2. The number of thiazole rings is 1. The van der Waals surface area contributed by atoms with E-state index in [1.54, 1.807) is 30.3 Å². The van der Waals surface area contributed by atoms with Gasteiger partial charge in [0.1, 0.15) is 40.2 Å². The second-order valence-electron chi connectivity index (χ2n) is 9.64. The molecule has 0 radical (unpaired) electrons. The summed E-state index contributed by atoms with van der Waals surface area (Å²) in [6.07, 6.45) is 3.03. The number of hydrogen-bond acceptors (Lipinski definition) is 10. The minimum absolute atomic E-state index is 0.0833. The molecule has 0 bridgehead atoms. The molecule has 0 unspecified atom stereocenters. The first-order chi connectivity index (χ1) is 21.9. The molecular weight excluding hydrogens is 681 g/mol. The van der Waals surface area contributed by atoms with Gasteiger partial charge in [-0.25, -0.2) is 19.3 Å². The maximum atomic E-state index is 13.5. The first kappa shape index (κ1) is 30.5. The number of hydrogen-bond donors (Lipinski definition) is 1. The van der Waals surface area contributed by atoms with Gasteiger partial charge in [0, 0.05) is 28.2 Å². The third-order valence-corrected chi connectivity index (χ3v) is 8.74. The fraction of sp³-hybridized carbons (Fsp3) is 0.0938. The van der Waals surface area contributed by atoms with Crippen LogP contribution in [0, 0.1) is 5.82 Å². The Morgan fingerprint density at radius 3 is 2.67 bits per heavy atom. The zero-order valence-corrected chi connectivity index (χ0v) is 26.6. The van der Waals surface area contributed by atoms with Gasteiger partial charge in [-0.05, 0) is 76.1 Å². The monoisotopic (exact) mass is 703 g/mol. The highest BCUT2D eigenvalue weighted by molar-refractivity contribution is 9.10. The normalized spacial score (nSPS) is 11.0. The molecule has 0 saturated heterocycles. The second kappa shape index (κ2) is 14.0. The maximum Gasteiger partial charge on any atom is 0.221 e. The first-order valence-corrected chi connectivity index (χ1v) is 16.3. The van der Waals surface area contributed by atoms with E-state index in [1.807, 2.05) is 41.8 Å². The Hall–Kier alpha value is -4.56. The summed E-state index contributed by atoms with van der Waals surface area (Å²) in [5, 5.41) is 6.79. The highest BCUT2D eigenvalue weighted by atomic mass is 79.9. The summed E-state index contributed by atoms with van der Waals surface area (Å²) in [5.41, 5.74) is 4.24. The van der Waals surface area contributed by atoms with Crippen LogP contribution in [0.5, 0.6) is 5.75 Å². The number of aromatic nitrogens is 4. The number of nitrogens with one attached hydrogen (secondary N) is 1. The molecule has 6 rings (SSSR count). The van der Waals surface area contributed by atoms with Crippen molar-refractivity contribution in [3.05, 3.63) is 123 Å². The molecule has 0 atom stereocenters. The lowest BCUT2D eigenvalue weighted by Crippen LogP contribution is -2.13. The van der Waals surface area contributed by atoms with Gasteiger partial charge in [0.25, 0.3) is 0 Å². The summed E-state index contributed by atoms with van der Waals surface area (Å²) in [6.45, 7) is 0.276. The van der Waals surface area contributed by atoms with Crippen molar-refractivity contribution in [1.82, 2.24) is 19.9 Å². The van der Waals surface area contributed by atoms with E-state index in [9.17, 15) is 12.8 Å². The van der Waals surface area contributed by atoms with E-state index in [-0.39, 0.29) is 30.5 Å². The van der Waals surface area contributed by atoms with Crippen LogP contribution in [0.15, 0.2) is 101 Å². The summed E-state index contributed by atoms with van der Waals surface area (Å²) in [6, 6.07) is 22.8. The number of ether oxygens (including phenoxy) is 2. The van der Waals surface area contributed by atoms with E-state index in [0.717, 1.165) is 37.9 Å². The number of pyridine rings is 1. The van der Waals surface area contributed by atoms with E-state index in [0.29, 0.717) is 22.3 Å². The van der Waals surface area contributed by atoms with Crippen molar-refractivity contribution in [3.63, 3.8) is 0 Å². The van der Waals surface area contributed by atoms with Gasteiger partial charge in [-0.15, -0.1) is 11.3 Å². The molecule has 226 valence electrons. The largest absolute Gasteiger partial charge is 0.488 e. The average molecular weight is 705 g/mol. The number of halogens is 2. The van der Waals surface area contributed by atoms with Crippen molar-refractivity contribution in [2.24, 2.45) is 0 Å². The maximum absolute atomic E-state index is 13.5. The van der Waals surface area contributed by atoms with E-state index in [4.69, 9.17) is 14.5 Å². The number of benzene rings is 3. The molecule has 45 heavy (non-hydrogen) atoms. The third kappa shape index (κ3) is 7.57. The smallest absolute Gasteiger partial charge is 0.221 e. The Bertz CT molecular complexity index is 2120. The van der Waals surface area contributed by atoms with Gasteiger partial charge in [-0.1, -0.05) is 24.3 Å². The summed E-state index contributed by atoms with van der Waals surface area (Å²) in [4.78, 5) is 17.8. The lowest BCUT2D eigenvalue weighted by molar-refractivity contribution is 0.159. The van der Waals surface area contributed by atoms with Gasteiger partial charge in [0.2, 0.25) is 10.3 Å². The van der Waals surface area contributed by atoms with Crippen molar-refractivity contribution in [2.75, 3.05) is 11.9 Å². The lowest BCUT2D eigenvalue weighted by atomic mass is 10.1. The van der Waals surface area contributed by atoms with Crippen LogP contribution in [0.4, 0.5) is 15.9 Å². The Kier molecular flexibility index (Phi) is 9.50. The van der Waals surface area contributed by atoms with Crippen molar-refractivity contribution >= 4 is 64.8 Å². The van der Waals surface area contributed by atoms with Gasteiger partial charge >= 0.3 is 0 Å². The summed E-state index contributed by atoms with van der Waals surface area (Å²) in [5.74, 6) is 0.930. The zero-order valence-electron chi connectivity index (χ0n) is 23.4. The number of nitrogens with zero attached hydrogens (tertiary/aromatic N) is 4. The molecule has 1 N–H and O–H groups in total. The van der Waals surface area contributed by atoms with Gasteiger partial charge < -0.3 is 14.8 Å². The summed E-state index contributed by atoms with van der Waals surface area (Å²) >= 11 is 4.98. The molecule has 0 aliphatic heterocycles. The van der Waals surface area contributed by atoms with Crippen LogP contribution in [-0.4, -0.2) is 39.8 Å². The van der Waals surface area contributed by atoms with E-state index >= 15 is 0 Å². The topological polar surface area (TPSA) is 116 Å². The van der Waals surface area contributed by atoms with Crippen molar-refractivity contribution in [2.45, 2.75) is 13.2 Å². The van der Waals surface area contributed by atoms with Crippen LogP contribution in [0.1, 0.15) is 16.3 Å². The molecule has 0 fully saturated rings. The minimum atomic E-state index is -2.46. The Morgan fingerprint density at radius 1 is 0.956 bits per heavy atom. The Morgan fingerprint density at radius 2 is 1.87 bits per heavy atom. The first-order valence-electron chi connectivity index (χ1n) is 13.5. The van der Waals surface area contributed by atoms with Crippen LogP contribution >= 0.6 is 27.3 Å². The zero-order chi connectivity index (χ0) is 31.2. The molecule has 3 aromatic heterocycles. The summed E-state index contributed by atoms with van der Waals surface area (Å²) in [7, 11) is -2.46. The molecule has 6 aromatic rings. The molecule has 3 heterocycles.